The summed E-state index contributed by atoms with van der Waals surface area (Å²) in [5, 5.41) is 0. The van der Waals surface area contributed by atoms with Gasteiger partial charge >= 0.3 is 0 Å². The van der Waals surface area contributed by atoms with Crippen molar-refractivity contribution < 1.29 is 13.2 Å². The van der Waals surface area contributed by atoms with Gasteiger partial charge in [0.05, 0.1) is 11.7 Å². The van der Waals surface area contributed by atoms with Crippen LogP contribution in [-0.2, 0) is 21.2 Å². The van der Waals surface area contributed by atoms with Crippen LogP contribution in [0.15, 0.2) is 24.3 Å². The molecule has 5 nitrogen and oxygen atoms in total. The lowest BCUT2D eigenvalue weighted by Crippen LogP contribution is -2.48. The molecule has 0 spiro atoms. The van der Waals surface area contributed by atoms with Crippen molar-refractivity contribution in [3.8, 4) is 0 Å². The summed E-state index contributed by atoms with van der Waals surface area (Å²) in [6.07, 6.45) is 2.38. The summed E-state index contributed by atoms with van der Waals surface area (Å²) in [7, 11) is -3.22. The van der Waals surface area contributed by atoms with E-state index in [4.69, 9.17) is 0 Å². The smallest absolute Gasteiger partial charge is 0.231 e. The zero-order valence-corrected chi connectivity index (χ0v) is 14.6. The predicted octanol–water partition coefficient (Wildman–Crippen LogP) is 2.03. The van der Waals surface area contributed by atoms with E-state index in [1.54, 1.807) is 6.92 Å². The molecule has 0 saturated carbocycles. The summed E-state index contributed by atoms with van der Waals surface area (Å²) in [4.78, 5) is 14.9. The lowest BCUT2D eigenvalue weighted by molar-refractivity contribution is -0.123. The predicted molar refractivity (Wildman–Crippen MR) is 90.9 cm³/mol. The van der Waals surface area contributed by atoms with Gasteiger partial charge in [0, 0.05) is 24.8 Å². The van der Waals surface area contributed by atoms with E-state index in [9.17, 15) is 13.2 Å². The van der Waals surface area contributed by atoms with Crippen LogP contribution in [0.2, 0.25) is 0 Å². The fraction of sp³-hybridized carbons (Fsp3) is 0.588. The molecule has 0 unspecified atom stereocenters. The van der Waals surface area contributed by atoms with Crippen molar-refractivity contribution >= 4 is 21.6 Å². The Hall–Kier alpha value is -1.40. The van der Waals surface area contributed by atoms with Crippen molar-refractivity contribution in [2.75, 3.05) is 23.7 Å². The van der Waals surface area contributed by atoms with Gasteiger partial charge in [-0.2, -0.15) is 0 Å². The van der Waals surface area contributed by atoms with Crippen LogP contribution in [0.1, 0.15) is 32.3 Å². The molecule has 0 radical (unpaired) electrons. The molecule has 1 aromatic rings. The molecule has 2 heterocycles. The molecule has 2 aliphatic rings. The number of hydrogen-bond acceptors (Lipinski definition) is 3. The quantitative estimate of drug-likeness (QED) is 0.848. The van der Waals surface area contributed by atoms with E-state index in [2.05, 4.69) is 13.0 Å². The van der Waals surface area contributed by atoms with Gasteiger partial charge in [-0.15, -0.1) is 0 Å². The Balaban J connectivity index is 1.81. The minimum Gasteiger partial charge on any atom is -0.309 e. The topological polar surface area (TPSA) is 57.7 Å². The number of fused-ring (bicyclic) bond motifs is 1. The molecule has 1 saturated heterocycles. The van der Waals surface area contributed by atoms with Crippen molar-refractivity contribution in [2.24, 2.45) is 5.92 Å². The molecule has 1 amide bonds. The second kappa shape index (κ2) is 6.24. The molecule has 2 atom stereocenters. The summed E-state index contributed by atoms with van der Waals surface area (Å²) < 4.78 is 25.7. The molecule has 3 rings (SSSR count). The second-order valence-corrected chi connectivity index (χ2v) is 8.75. The van der Waals surface area contributed by atoms with Crippen molar-refractivity contribution in [3.63, 3.8) is 0 Å². The molecule has 0 aliphatic carbocycles. The Kier molecular flexibility index (Phi) is 4.47. The van der Waals surface area contributed by atoms with Gasteiger partial charge < -0.3 is 4.90 Å². The van der Waals surface area contributed by atoms with Gasteiger partial charge in [-0.1, -0.05) is 18.2 Å². The molecule has 126 valence electrons. The minimum atomic E-state index is -3.22. The number of sulfonamides is 1. The number of carbonyl (C=O) groups excluding carboxylic acids is 1. The second-order valence-electron chi connectivity index (χ2n) is 6.49. The highest BCUT2D eigenvalue weighted by Crippen LogP contribution is 2.34. The van der Waals surface area contributed by atoms with Gasteiger partial charge in [0.15, 0.2) is 0 Å². The van der Waals surface area contributed by atoms with Gasteiger partial charge in [0.2, 0.25) is 15.9 Å². The number of carbonyl (C=O) groups is 1. The zero-order valence-electron chi connectivity index (χ0n) is 13.7. The van der Waals surface area contributed by atoms with Crippen LogP contribution in [0.3, 0.4) is 0 Å². The van der Waals surface area contributed by atoms with Crippen molar-refractivity contribution in [1.82, 2.24) is 4.31 Å². The average Bonchev–Trinajstić information content (AvgIpc) is 2.90. The van der Waals surface area contributed by atoms with Crippen LogP contribution in [0.4, 0.5) is 5.69 Å². The Labute approximate surface area is 138 Å². The van der Waals surface area contributed by atoms with E-state index in [1.165, 1.54) is 9.87 Å². The van der Waals surface area contributed by atoms with E-state index in [-0.39, 0.29) is 23.6 Å². The Morgan fingerprint density at radius 3 is 2.78 bits per heavy atom. The zero-order chi connectivity index (χ0) is 16.6. The molecule has 1 fully saturated rings. The first-order valence-corrected chi connectivity index (χ1v) is 9.93. The number of benzene rings is 1. The van der Waals surface area contributed by atoms with Crippen LogP contribution < -0.4 is 4.90 Å². The van der Waals surface area contributed by atoms with E-state index in [1.807, 2.05) is 23.1 Å². The first kappa shape index (κ1) is 16.5. The number of rotatable bonds is 3. The van der Waals surface area contributed by atoms with Gasteiger partial charge in [0.1, 0.15) is 0 Å². The third-order valence-corrected chi connectivity index (χ3v) is 6.78. The summed E-state index contributed by atoms with van der Waals surface area (Å²) >= 11 is 0. The fourth-order valence-corrected chi connectivity index (χ4v) is 4.86. The van der Waals surface area contributed by atoms with Crippen LogP contribution >= 0.6 is 0 Å². The number of nitrogens with zero attached hydrogens (tertiary/aromatic N) is 2. The molecule has 0 N–H and O–H groups in total. The lowest BCUT2D eigenvalue weighted by Gasteiger charge is -2.34. The summed E-state index contributed by atoms with van der Waals surface area (Å²) in [6, 6.07) is 8.13. The monoisotopic (exact) mass is 336 g/mol. The number of para-hydroxylation sites is 1. The highest BCUT2D eigenvalue weighted by Gasteiger charge is 2.38. The van der Waals surface area contributed by atoms with E-state index < -0.39 is 10.0 Å². The largest absolute Gasteiger partial charge is 0.309 e. The SMILES string of the molecule is CCS(=O)(=O)N1CCC[C@@H](C(=O)N2c3ccccc3C[C@H]2C)C1. The Morgan fingerprint density at radius 1 is 1.30 bits per heavy atom. The van der Waals surface area contributed by atoms with Gasteiger partial charge in [0.25, 0.3) is 0 Å². The fourth-order valence-electron chi connectivity index (χ4n) is 3.68. The molecule has 2 aliphatic heterocycles. The third kappa shape index (κ3) is 3.02. The van der Waals surface area contributed by atoms with Gasteiger partial charge in [-0.25, -0.2) is 12.7 Å². The van der Waals surface area contributed by atoms with Crippen molar-refractivity contribution in [3.05, 3.63) is 29.8 Å². The first-order chi connectivity index (χ1) is 10.9. The van der Waals surface area contributed by atoms with Gasteiger partial charge in [-0.3, -0.25) is 4.79 Å². The average molecular weight is 336 g/mol. The molecule has 0 bridgehead atoms. The normalized spacial score (nSPS) is 25.4. The molecule has 6 heteroatoms. The van der Waals surface area contributed by atoms with Crippen LogP contribution in [-0.4, -0.2) is 43.5 Å². The standard InChI is InChI=1S/C17H24N2O3S/c1-3-23(21,22)18-10-6-8-15(12-18)17(20)19-13(2)11-14-7-4-5-9-16(14)19/h4-5,7,9,13,15H,3,6,8,10-12H2,1-2H3/t13-,15-/m1/s1. The molecule has 1 aromatic carbocycles. The van der Waals surface area contributed by atoms with E-state index >= 15 is 0 Å². The maximum Gasteiger partial charge on any atom is 0.231 e. The third-order valence-electron chi connectivity index (χ3n) is 4.94. The highest BCUT2D eigenvalue weighted by atomic mass is 32.2. The molecular weight excluding hydrogens is 312 g/mol. The number of piperidine rings is 1. The van der Waals surface area contributed by atoms with E-state index in [0.29, 0.717) is 13.1 Å². The summed E-state index contributed by atoms with van der Waals surface area (Å²) in [6.45, 7) is 4.56. The van der Waals surface area contributed by atoms with Crippen LogP contribution in [0.25, 0.3) is 0 Å². The maximum atomic E-state index is 13.0. The van der Waals surface area contributed by atoms with Crippen LogP contribution in [0.5, 0.6) is 0 Å². The lowest BCUT2D eigenvalue weighted by atomic mass is 9.97. The van der Waals surface area contributed by atoms with Gasteiger partial charge in [-0.05, 0) is 44.7 Å². The first-order valence-electron chi connectivity index (χ1n) is 8.33. The summed E-state index contributed by atoms with van der Waals surface area (Å²) in [5.74, 6) is -0.0752. The molecular formula is C17H24N2O3S. The van der Waals surface area contributed by atoms with Crippen molar-refractivity contribution in [1.29, 1.82) is 0 Å². The number of hydrogen-bond donors (Lipinski definition) is 0. The Bertz CT molecular complexity index is 702. The van der Waals surface area contributed by atoms with E-state index in [0.717, 1.165) is 24.9 Å². The molecule has 23 heavy (non-hydrogen) atoms. The summed E-state index contributed by atoms with van der Waals surface area (Å²) in [5.41, 5.74) is 2.18. The highest BCUT2D eigenvalue weighted by molar-refractivity contribution is 7.89. The Morgan fingerprint density at radius 2 is 2.04 bits per heavy atom. The number of amides is 1. The maximum absolute atomic E-state index is 13.0. The van der Waals surface area contributed by atoms with Crippen molar-refractivity contribution in [2.45, 2.75) is 39.2 Å². The number of anilines is 1. The minimum absolute atomic E-state index is 0.0680. The van der Waals surface area contributed by atoms with Crippen LogP contribution in [0, 0.1) is 5.92 Å². The molecule has 0 aromatic heterocycles.